The second-order valence-corrected chi connectivity index (χ2v) is 3.69. The molecule has 5 heteroatoms. The molecule has 90 valence electrons. The van der Waals surface area contributed by atoms with E-state index >= 15 is 0 Å². The number of nitrogens with zero attached hydrogens (tertiary/aromatic N) is 2. The minimum absolute atomic E-state index is 0.0644. The van der Waals surface area contributed by atoms with Gasteiger partial charge in [-0.25, -0.2) is 4.98 Å². The molecule has 2 rings (SSSR count). The predicted octanol–water partition coefficient (Wildman–Crippen LogP) is 2.18. The van der Waals surface area contributed by atoms with E-state index in [1.54, 1.807) is 25.7 Å². The van der Waals surface area contributed by atoms with Crippen LogP contribution in [0, 0.1) is 6.92 Å². The first-order chi connectivity index (χ1) is 8.29. The molecule has 17 heavy (non-hydrogen) atoms. The lowest BCUT2D eigenvalue weighted by atomic mass is 10.2. The summed E-state index contributed by atoms with van der Waals surface area (Å²) in [7, 11) is 1.65. The number of nitrogens with one attached hydrogen (secondary N) is 1. The van der Waals surface area contributed by atoms with E-state index in [1.165, 1.54) is 0 Å². The molecule has 0 aliphatic carbocycles. The van der Waals surface area contributed by atoms with Crippen LogP contribution in [0.5, 0.6) is 0 Å². The van der Waals surface area contributed by atoms with Gasteiger partial charge in [-0.15, -0.1) is 0 Å². The smallest absolute Gasteiger partial charge is 0.145 e. The topological polar surface area (TPSA) is 60.2 Å². The third kappa shape index (κ3) is 3.04. The van der Waals surface area contributed by atoms with Gasteiger partial charge >= 0.3 is 0 Å². The number of methoxy groups -OCH3 is 1. The zero-order chi connectivity index (χ0) is 12.1. The van der Waals surface area contributed by atoms with Crippen molar-refractivity contribution in [2.24, 2.45) is 0 Å². The number of aromatic nitrogens is 2. The Morgan fingerprint density at radius 1 is 1.41 bits per heavy atom. The van der Waals surface area contributed by atoms with E-state index in [-0.39, 0.29) is 6.04 Å². The van der Waals surface area contributed by atoms with Gasteiger partial charge in [0.05, 0.1) is 12.8 Å². The fourth-order valence-electron chi connectivity index (χ4n) is 1.55. The molecule has 0 spiro atoms. The maximum absolute atomic E-state index is 5.58. The van der Waals surface area contributed by atoms with Gasteiger partial charge in [-0.3, -0.25) is 4.98 Å². The Hall–Kier alpha value is -1.88. The highest BCUT2D eigenvalue weighted by Crippen LogP contribution is 2.20. The highest BCUT2D eigenvalue weighted by atomic mass is 16.5. The van der Waals surface area contributed by atoms with E-state index in [4.69, 9.17) is 9.15 Å². The Bertz CT molecular complexity index is 456. The van der Waals surface area contributed by atoms with E-state index in [9.17, 15) is 0 Å². The Balaban J connectivity index is 2.13. The monoisotopic (exact) mass is 233 g/mol. The van der Waals surface area contributed by atoms with Crippen molar-refractivity contribution in [2.45, 2.75) is 13.0 Å². The summed E-state index contributed by atoms with van der Waals surface area (Å²) in [6, 6.07) is 3.80. The molecule has 1 atom stereocenters. The van der Waals surface area contributed by atoms with Crippen molar-refractivity contribution in [3.05, 3.63) is 42.2 Å². The maximum atomic E-state index is 5.58. The van der Waals surface area contributed by atoms with Gasteiger partial charge in [-0.05, 0) is 19.1 Å². The first-order valence-corrected chi connectivity index (χ1v) is 5.37. The minimum Gasteiger partial charge on any atom is -0.464 e. The first kappa shape index (κ1) is 11.6. The Labute approximate surface area is 99.8 Å². The van der Waals surface area contributed by atoms with Crippen molar-refractivity contribution < 1.29 is 9.15 Å². The molecular formula is C12H15N3O2. The average molecular weight is 233 g/mol. The van der Waals surface area contributed by atoms with Crippen molar-refractivity contribution >= 4 is 5.82 Å². The summed E-state index contributed by atoms with van der Waals surface area (Å²) in [5.41, 5.74) is 0. The molecular weight excluding hydrogens is 218 g/mol. The van der Waals surface area contributed by atoms with Gasteiger partial charge < -0.3 is 14.5 Å². The summed E-state index contributed by atoms with van der Waals surface area (Å²) in [6.45, 7) is 2.42. The number of rotatable bonds is 5. The van der Waals surface area contributed by atoms with Gasteiger partial charge in [-0.2, -0.15) is 0 Å². The normalized spacial score (nSPS) is 12.4. The average Bonchev–Trinajstić information content (AvgIpc) is 2.77. The largest absolute Gasteiger partial charge is 0.464 e. The molecule has 0 fully saturated rings. The van der Waals surface area contributed by atoms with Crippen molar-refractivity contribution in [1.29, 1.82) is 0 Å². The van der Waals surface area contributed by atoms with Crippen molar-refractivity contribution in [1.82, 2.24) is 9.97 Å². The summed E-state index contributed by atoms with van der Waals surface area (Å²) < 4.78 is 10.7. The number of furan rings is 1. The first-order valence-electron chi connectivity index (χ1n) is 5.37. The van der Waals surface area contributed by atoms with E-state index < -0.39 is 0 Å². The van der Waals surface area contributed by atoms with Gasteiger partial charge in [0.1, 0.15) is 23.4 Å². The van der Waals surface area contributed by atoms with E-state index in [1.807, 2.05) is 19.1 Å². The molecule has 0 amide bonds. The molecule has 2 aromatic heterocycles. The number of anilines is 1. The quantitative estimate of drug-likeness (QED) is 0.857. The van der Waals surface area contributed by atoms with Gasteiger partial charge in [0.25, 0.3) is 0 Å². The second kappa shape index (κ2) is 5.45. The standard InChI is InChI=1S/C12H15N3O2/c1-9-3-4-11(17-9)10(8-16-2)15-12-7-13-5-6-14-12/h3-7,10H,8H2,1-2H3,(H,14,15). The third-order valence-corrected chi connectivity index (χ3v) is 2.32. The molecule has 0 saturated heterocycles. The molecule has 5 nitrogen and oxygen atoms in total. The second-order valence-electron chi connectivity index (χ2n) is 3.69. The summed E-state index contributed by atoms with van der Waals surface area (Å²) in [5, 5.41) is 3.22. The molecule has 0 aliphatic heterocycles. The van der Waals surface area contributed by atoms with Crippen LogP contribution in [0.25, 0.3) is 0 Å². The van der Waals surface area contributed by atoms with Crippen molar-refractivity contribution in [3.63, 3.8) is 0 Å². The zero-order valence-electron chi connectivity index (χ0n) is 9.88. The molecule has 0 aromatic carbocycles. The zero-order valence-corrected chi connectivity index (χ0v) is 9.88. The van der Waals surface area contributed by atoms with Crippen LogP contribution >= 0.6 is 0 Å². The highest BCUT2D eigenvalue weighted by molar-refractivity contribution is 5.33. The highest BCUT2D eigenvalue weighted by Gasteiger charge is 2.15. The Kier molecular flexibility index (Phi) is 3.72. The molecule has 2 aromatic rings. The van der Waals surface area contributed by atoms with Gasteiger partial charge in [0.2, 0.25) is 0 Å². The van der Waals surface area contributed by atoms with Crippen LogP contribution in [-0.2, 0) is 4.74 Å². The molecule has 2 heterocycles. The van der Waals surface area contributed by atoms with Gasteiger partial charge in [-0.1, -0.05) is 0 Å². The van der Waals surface area contributed by atoms with Crippen LogP contribution in [0.15, 0.2) is 35.1 Å². The molecule has 0 bridgehead atoms. The molecule has 0 aliphatic rings. The van der Waals surface area contributed by atoms with Crippen LogP contribution in [0.3, 0.4) is 0 Å². The molecule has 1 unspecified atom stereocenters. The van der Waals surface area contributed by atoms with Crippen LogP contribution < -0.4 is 5.32 Å². The van der Waals surface area contributed by atoms with Crippen LogP contribution in [0.2, 0.25) is 0 Å². The number of hydrogen-bond acceptors (Lipinski definition) is 5. The fourth-order valence-corrected chi connectivity index (χ4v) is 1.55. The molecule has 0 saturated carbocycles. The molecule has 1 N–H and O–H groups in total. The van der Waals surface area contributed by atoms with Gasteiger partial charge in [0, 0.05) is 19.5 Å². The summed E-state index contributed by atoms with van der Waals surface area (Å²) in [4.78, 5) is 8.16. The minimum atomic E-state index is -0.0644. The Morgan fingerprint density at radius 2 is 2.29 bits per heavy atom. The van der Waals surface area contributed by atoms with E-state index in [0.717, 1.165) is 11.5 Å². The Morgan fingerprint density at radius 3 is 2.88 bits per heavy atom. The third-order valence-electron chi connectivity index (χ3n) is 2.32. The maximum Gasteiger partial charge on any atom is 0.145 e. The number of ether oxygens (including phenoxy) is 1. The summed E-state index contributed by atoms with van der Waals surface area (Å²) in [5.74, 6) is 2.40. The summed E-state index contributed by atoms with van der Waals surface area (Å²) in [6.07, 6.45) is 4.94. The van der Waals surface area contributed by atoms with Gasteiger partial charge in [0.15, 0.2) is 0 Å². The van der Waals surface area contributed by atoms with Crippen LogP contribution in [-0.4, -0.2) is 23.7 Å². The summed E-state index contributed by atoms with van der Waals surface area (Å²) >= 11 is 0. The van der Waals surface area contributed by atoms with Crippen LogP contribution in [0.4, 0.5) is 5.82 Å². The number of aryl methyl sites for hydroxylation is 1. The SMILES string of the molecule is COCC(Nc1cnccn1)c1ccc(C)o1. The fraction of sp³-hybridized carbons (Fsp3) is 0.333. The lowest BCUT2D eigenvalue weighted by molar-refractivity contribution is 0.178. The number of hydrogen-bond donors (Lipinski definition) is 1. The lowest BCUT2D eigenvalue weighted by Crippen LogP contribution is -2.16. The van der Waals surface area contributed by atoms with E-state index in [0.29, 0.717) is 12.4 Å². The molecule has 0 radical (unpaired) electrons. The van der Waals surface area contributed by atoms with Crippen molar-refractivity contribution in [2.75, 3.05) is 19.0 Å². The predicted molar refractivity (Wildman–Crippen MR) is 63.7 cm³/mol. The van der Waals surface area contributed by atoms with Crippen LogP contribution in [0.1, 0.15) is 17.6 Å². The lowest BCUT2D eigenvalue weighted by Gasteiger charge is -2.15. The van der Waals surface area contributed by atoms with Crippen molar-refractivity contribution in [3.8, 4) is 0 Å². The van der Waals surface area contributed by atoms with E-state index in [2.05, 4.69) is 15.3 Å².